The summed E-state index contributed by atoms with van der Waals surface area (Å²) in [7, 11) is 0. The first-order chi connectivity index (χ1) is 18.4. The number of aliphatic carboxylic acids is 1. The number of thioether (sulfide) groups is 1. The number of nitrogens with zero attached hydrogens (tertiary/aromatic N) is 1. The van der Waals surface area contributed by atoms with E-state index in [1.807, 2.05) is 0 Å². The van der Waals surface area contributed by atoms with E-state index in [2.05, 4.69) is 10.6 Å². The van der Waals surface area contributed by atoms with E-state index in [0.717, 1.165) is 0 Å². The molecule has 202 valence electrons. The fraction of sp³-hybridized carbons (Fsp3) is 0.269. The number of carbonyl (C=O) groups is 4. The van der Waals surface area contributed by atoms with E-state index in [9.17, 15) is 29.1 Å². The van der Waals surface area contributed by atoms with Gasteiger partial charge in [-0.2, -0.15) is 0 Å². The maximum Gasteiger partial charge on any atom is 0.349 e. The Morgan fingerprint density at radius 1 is 1.10 bits per heavy atom. The van der Waals surface area contributed by atoms with Crippen molar-refractivity contribution < 1.29 is 28.7 Å². The average molecular weight is 590 g/mol. The minimum absolute atomic E-state index is 0.0599. The van der Waals surface area contributed by atoms with Crippen molar-refractivity contribution in [3.05, 3.63) is 80.1 Å². The van der Waals surface area contributed by atoms with Gasteiger partial charge in [-0.15, -0.1) is 11.8 Å². The number of fused-ring (bicyclic) bond motifs is 2. The number of hydrogen-bond acceptors (Lipinski definition) is 7. The summed E-state index contributed by atoms with van der Waals surface area (Å²) in [6, 6.07) is 9.11. The molecule has 3 amide bonds. The molecule has 0 bridgehead atoms. The van der Waals surface area contributed by atoms with Crippen LogP contribution in [-0.4, -0.2) is 55.9 Å². The summed E-state index contributed by atoms with van der Waals surface area (Å²) in [5, 5.41) is 14.9. The summed E-state index contributed by atoms with van der Waals surface area (Å²) in [6.07, 6.45) is 0. The number of halogens is 2. The van der Waals surface area contributed by atoms with E-state index in [-0.39, 0.29) is 21.2 Å². The lowest BCUT2D eigenvalue weighted by Crippen LogP contribution is -2.71. The summed E-state index contributed by atoms with van der Waals surface area (Å²) in [5.41, 5.74) is -0.890. The zero-order chi connectivity index (χ0) is 28.2. The third kappa shape index (κ3) is 4.75. The second-order valence-corrected chi connectivity index (χ2v) is 12.3. The summed E-state index contributed by atoms with van der Waals surface area (Å²) in [4.78, 5) is 65.2. The van der Waals surface area contributed by atoms with Gasteiger partial charge in [0.2, 0.25) is 11.8 Å². The van der Waals surface area contributed by atoms with Crippen LogP contribution in [0, 0.1) is 0 Å². The highest BCUT2D eigenvalue weighted by atomic mass is 35.5. The molecule has 3 N–H and O–H groups in total. The smallest absolute Gasteiger partial charge is 0.349 e. The normalized spacial score (nSPS) is 22.1. The highest BCUT2D eigenvalue weighted by Gasteiger charge is 2.64. The van der Waals surface area contributed by atoms with Crippen molar-refractivity contribution in [1.29, 1.82) is 0 Å². The first-order valence-electron chi connectivity index (χ1n) is 11.7. The van der Waals surface area contributed by atoms with Crippen molar-refractivity contribution in [2.45, 2.75) is 42.1 Å². The first kappa shape index (κ1) is 27.0. The number of carbonyl (C=O) groups excluding carboxylic acids is 3. The molecule has 0 aliphatic carbocycles. The van der Waals surface area contributed by atoms with Gasteiger partial charge in [-0.05, 0) is 37.6 Å². The van der Waals surface area contributed by atoms with Crippen LogP contribution in [0.15, 0.2) is 57.7 Å². The molecule has 2 aliphatic heterocycles. The van der Waals surface area contributed by atoms with Gasteiger partial charge in [0.15, 0.2) is 5.58 Å². The first-order valence-corrected chi connectivity index (χ1v) is 13.3. The maximum atomic E-state index is 13.5. The average Bonchev–Trinajstić information content (AvgIpc) is 3.14. The molecule has 2 aliphatic rings. The second-order valence-electron chi connectivity index (χ2n) is 9.66. The van der Waals surface area contributed by atoms with Crippen molar-refractivity contribution in [2.75, 3.05) is 0 Å². The van der Waals surface area contributed by atoms with E-state index in [4.69, 9.17) is 27.6 Å². The lowest BCUT2D eigenvalue weighted by molar-refractivity contribution is -0.161. The number of amides is 3. The largest absolute Gasteiger partial charge is 0.480 e. The van der Waals surface area contributed by atoms with Gasteiger partial charge in [0, 0.05) is 15.2 Å². The topological polar surface area (TPSA) is 146 Å². The molecule has 2 saturated heterocycles. The quantitative estimate of drug-likeness (QED) is 0.293. The molecule has 0 spiro atoms. The molecule has 0 saturated carbocycles. The van der Waals surface area contributed by atoms with E-state index in [0.29, 0.717) is 10.9 Å². The molecule has 10 nitrogen and oxygen atoms in total. The Kier molecular flexibility index (Phi) is 6.86. The van der Waals surface area contributed by atoms with E-state index in [1.165, 1.54) is 34.9 Å². The molecule has 2 aromatic carbocycles. The van der Waals surface area contributed by atoms with Gasteiger partial charge in [-0.1, -0.05) is 53.5 Å². The molecular weight excluding hydrogens is 569 g/mol. The van der Waals surface area contributed by atoms with E-state index in [1.54, 1.807) is 44.2 Å². The van der Waals surface area contributed by atoms with Crippen molar-refractivity contribution in [3.8, 4) is 0 Å². The number of carboxylic acid groups (broad SMARTS) is 1. The Labute approximate surface area is 235 Å². The predicted octanol–water partition coefficient (Wildman–Crippen LogP) is 3.20. The van der Waals surface area contributed by atoms with Crippen molar-refractivity contribution in [3.63, 3.8) is 0 Å². The summed E-state index contributed by atoms with van der Waals surface area (Å²) in [6.45, 7) is 3.45. The van der Waals surface area contributed by atoms with Crippen LogP contribution in [-0.2, 0) is 14.4 Å². The van der Waals surface area contributed by atoms with Gasteiger partial charge < -0.3 is 25.1 Å². The minimum atomic E-state index is -1.28. The number of benzene rings is 2. The number of rotatable bonds is 6. The lowest BCUT2D eigenvalue weighted by atomic mass is 9.95. The Hall–Kier alpha value is -3.54. The molecule has 5 rings (SSSR count). The molecule has 2 fully saturated rings. The minimum Gasteiger partial charge on any atom is -0.480 e. The van der Waals surface area contributed by atoms with Gasteiger partial charge >= 0.3 is 11.6 Å². The molecular formula is C26H21Cl2N3O7S. The molecule has 0 radical (unpaired) electrons. The van der Waals surface area contributed by atoms with Crippen LogP contribution in [0.25, 0.3) is 11.0 Å². The van der Waals surface area contributed by atoms with Gasteiger partial charge in [0.05, 0.1) is 5.02 Å². The molecule has 4 atom stereocenters. The SMILES string of the molecule is CC1(C)S[C@@H]2[C@H](NC(=O)C(NC(=O)c3cc4cc(Cl)cc(Cl)c4oc3=O)c3ccccc3)C(=O)N2[C@H]1C(=O)O. The fourth-order valence-corrected chi connectivity index (χ4v) is 7.03. The van der Waals surface area contributed by atoms with Crippen LogP contribution in [0.1, 0.15) is 35.8 Å². The molecule has 13 heteroatoms. The van der Waals surface area contributed by atoms with Gasteiger partial charge in [-0.25, -0.2) is 9.59 Å². The monoisotopic (exact) mass is 589 g/mol. The Bertz CT molecular complexity index is 1590. The van der Waals surface area contributed by atoms with Crippen LogP contribution in [0.5, 0.6) is 0 Å². The van der Waals surface area contributed by atoms with Gasteiger partial charge in [0.1, 0.15) is 29.1 Å². The van der Waals surface area contributed by atoms with Crippen LogP contribution in [0.3, 0.4) is 0 Å². The van der Waals surface area contributed by atoms with Crippen molar-refractivity contribution in [2.24, 2.45) is 0 Å². The van der Waals surface area contributed by atoms with Crippen LogP contribution >= 0.6 is 35.0 Å². The van der Waals surface area contributed by atoms with Crippen LogP contribution in [0.4, 0.5) is 0 Å². The van der Waals surface area contributed by atoms with E-state index < -0.39 is 57.6 Å². The molecule has 1 unspecified atom stereocenters. The molecule has 39 heavy (non-hydrogen) atoms. The Balaban J connectivity index is 1.41. The number of β-lactam (4-membered cyclic amide) rings is 1. The van der Waals surface area contributed by atoms with Crippen molar-refractivity contribution in [1.82, 2.24) is 15.5 Å². The fourth-order valence-electron chi connectivity index (χ4n) is 4.85. The molecule has 1 aromatic heterocycles. The second kappa shape index (κ2) is 9.89. The maximum absolute atomic E-state index is 13.5. The summed E-state index contributed by atoms with van der Waals surface area (Å²) in [5.74, 6) is -3.25. The predicted molar refractivity (Wildman–Crippen MR) is 145 cm³/mol. The number of hydrogen-bond donors (Lipinski definition) is 3. The van der Waals surface area contributed by atoms with Crippen LogP contribution < -0.4 is 16.3 Å². The zero-order valence-electron chi connectivity index (χ0n) is 20.4. The van der Waals surface area contributed by atoms with Crippen LogP contribution in [0.2, 0.25) is 10.0 Å². The molecule has 3 heterocycles. The van der Waals surface area contributed by atoms with E-state index >= 15 is 0 Å². The zero-order valence-corrected chi connectivity index (χ0v) is 22.8. The highest BCUT2D eigenvalue weighted by molar-refractivity contribution is 8.01. The standard InChI is InChI=1S/C26H21Cl2N3O7S/c1-26(2)19(24(35)36)31-22(34)17(23(31)39-26)30-21(33)16(11-6-4-3-5-7-11)29-20(32)14-9-12-8-13(27)10-15(28)18(12)38-25(14)37/h3-10,16-17,19,23H,1-2H3,(H,29,32)(H,30,33)(H,35,36)/t16?,17-,19+,23-/m1/s1. The number of carboxylic acids is 1. The third-order valence-electron chi connectivity index (χ3n) is 6.64. The van der Waals surface area contributed by atoms with Crippen molar-refractivity contribution >= 4 is 69.6 Å². The van der Waals surface area contributed by atoms with Gasteiger partial charge in [-0.3, -0.25) is 14.4 Å². The Morgan fingerprint density at radius 2 is 1.79 bits per heavy atom. The van der Waals surface area contributed by atoms with Gasteiger partial charge in [0.25, 0.3) is 5.91 Å². The molecule has 3 aromatic rings. The Morgan fingerprint density at radius 3 is 2.46 bits per heavy atom. The third-order valence-corrected chi connectivity index (χ3v) is 8.71. The highest BCUT2D eigenvalue weighted by Crippen LogP contribution is 2.50. The summed E-state index contributed by atoms with van der Waals surface area (Å²) < 4.78 is 4.47. The lowest BCUT2D eigenvalue weighted by Gasteiger charge is -2.44. The summed E-state index contributed by atoms with van der Waals surface area (Å²) >= 11 is 13.4. The number of nitrogens with one attached hydrogen (secondary N) is 2.